The van der Waals surface area contributed by atoms with Crippen molar-refractivity contribution in [2.75, 3.05) is 18.0 Å². The van der Waals surface area contributed by atoms with Gasteiger partial charge >= 0.3 is 0 Å². The number of rotatable bonds is 9. The van der Waals surface area contributed by atoms with E-state index in [1.807, 2.05) is 0 Å². The fraction of sp³-hybridized carbons (Fsp3) is 0.346. The lowest BCUT2D eigenvalue weighted by atomic mass is 10.1. The number of aromatic nitrogens is 1. The van der Waals surface area contributed by atoms with Crippen molar-refractivity contribution in [3.05, 3.63) is 71.9 Å². The number of pyridine rings is 1. The van der Waals surface area contributed by atoms with E-state index in [1.165, 1.54) is 53.4 Å². The van der Waals surface area contributed by atoms with E-state index in [4.69, 9.17) is 0 Å². The minimum atomic E-state index is 1.15. The Labute approximate surface area is 170 Å². The number of anilines is 1. The normalized spacial score (nSPS) is 11.4. The highest BCUT2D eigenvalue weighted by Crippen LogP contribution is 2.20. The Hall–Kier alpha value is -2.61. The third-order valence-corrected chi connectivity index (χ3v) is 5.35. The summed E-state index contributed by atoms with van der Waals surface area (Å²) < 4.78 is 2.17. The van der Waals surface area contributed by atoms with E-state index in [1.54, 1.807) is 0 Å². The largest absolute Gasteiger partial charge is 0.372 e. The molecule has 2 heteroatoms. The summed E-state index contributed by atoms with van der Waals surface area (Å²) in [5, 5.41) is 1.28. The van der Waals surface area contributed by atoms with Crippen LogP contribution < -0.4 is 9.47 Å². The number of hydrogen-bond donors (Lipinski definition) is 0. The number of unbranched alkanes of at least 4 members (excludes halogenated alkanes) is 2. The molecule has 0 saturated carbocycles. The van der Waals surface area contributed by atoms with Crippen LogP contribution in [0, 0.1) is 0 Å². The summed E-state index contributed by atoms with van der Waals surface area (Å²) in [5.74, 6) is 0. The number of benzene rings is 2. The Morgan fingerprint density at radius 1 is 0.821 bits per heavy atom. The quantitative estimate of drug-likeness (QED) is 0.403. The van der Waals surface area contributed by atoms with Crippen molar-refractivity contribution in [3.63, 3.8) is 0 Å². The zero-order valence-corrected chi connectivity index (χ0v) is 17.6. The second kappa shape index (κ2) is 10.1. The van der Waals surface area contributed by atoms with Crippen molar-refractivity contribution in [3.8, 4) is 0 Å². The van der Waals surface area contributed by atoms with E-state index < -0.39 is 0 Å². The molecule has 0 aliphatic rings. The second-order valence-corrected chi connectivity index (χ2v) is 7.52. The summed E-state index contributed by atoms with van der Waals surface area (Å²) in [6, 6.07) is 19.8. The maximum atomic E-state index is 2.53. The lowest BCUT2D eigenvalue weighted by molar-refractivity contribution is -0.644. The highest BCUT2D eigenvalue weighted by molar-refractivity contribution is 5.88. The molecule has 0 aliphatic carbocycles. The summed E-state index contributed by atoms with van der Waals surface area (Å²) in [4.78, 5) is 2.53. The number of para-hydroxylation sites is 1. The Balaban J connectivity index is 1.77. The Morgan fingerprint density at radius 2 is 1.50 bits per heavy atom. The number of aryl methyl sites for hydroxylation is 1. The minimum absolute atomic E-state index is 1.15. The van der Waals surface area contributed by atoms with Crippen LogP contribution in [0.1, 0.15) is 50.7 Å². The molecule has 0 unspecified atom stereocenters. The Bertz CT molecular complexity index is 901. The number of nitrogens with zero attached hydrogens (tertiary/aromatic N) is 2. The van der Waals surface area contributed by atoms with Gasteiger partial charge in [-0.3, -0.25) is 0 Å². The average molecular weight is 374 g/mol. The summed E-state index contributed by atoms with van der Waals surface area (Å²) >= 11 is 0. The second-order valence-electron chi connectivity index (χ2n) is 7.52. The SMILES string of the molecule is CCCCN(CCCC)c1ccc(/C=C/c2cc[n+](C)c3ccccc23)cc1. The van der Waals surface area contributed by atoms with Gasteiger partial charge in [-0.05, 0) is 42.2 Å². The zero-order valence-electron chi connectivity index (χ0n) is 17.6. The molecule has 1 aromatic heterocycles. The van der Waals surface area contributed by atoms with Crippen molar-refractivity contribution < 1.29 is 4.57 Å². The van der Waals surface area contributed by atoms with Gasteiger partial charge < -0.3 is 4.90 Å². The molecule has 146 valence electrons. The van der Waals surface area contributed by atoms with Gasteiger partial charge in [-0.2, -0.15) is 0 Å². The van der Waals surface area contributed by atoms with Gasteiger partial charge in [0, 0.05) is 30.9 Å². The van der Waals surface area contributed by atoms with Gasteiger partial charge in [0.15, 0.2) is 6.20 Å². The van der Waals surface area contributed by atoms with Crippen molar-refractivity contribution in [1.29, 1.82) is 0 Å². The highest BCUT2D eigenvalue weighted by Gasteiger charge is 2.07. The van der Waals surface area contributed by atoms with Gasteiger partial charge in [-0.25, -0.2) is 4.57 Å². The van der Waals surface area contributed by atoms with Crippen LogP contribution in [0.2, 0.25) is 0 Å². The molecule has 0 aliphatic heterocycles. The van der Waals surface area contributed by atoms with E-state index >= 15 is 0 Å². The average Bonchev–Trinajstić information content (AvgIpc) is 2.74. The fourth-order valence-electron chi connectivity index (χ4n) is 3.58. The molecule has 3 rings (SSSR count). The van der Waals surface area contributed by atoms with Crippen molar-refractivity contribution in [1.82, 2.24) is 0 Å². The molecule has 2 aromatic carbocycles. The number of fused-ring (bicyclic) bond motifs is 1. The van der Waals surface area contributed by atoms with Crippen LogP contribution in [0.5, 0.6) is 0 Å². The first-order chi connectivity index (χ1) is 13.7. The van der Waals surface area contributed by atoms with Crippen LogP contribution in [0.3, 0.4) is 0 Å². The van der Waals surface area contributed by atoms with Gasteiger partial charge in [-0.15, -0.1) is 0 Å². The predicted molar refractivity (Wildman–Crippen MR) is 123 cm³/mol. The molecular formula is C26H33N2+. The fourth-order valence-corrected chi connectivity index (χ4v) is 3.58. The van der Waals surface area contributed by atoms with Gasteiger partial charge in [0.1, 0.15) is 7.05 Å². The molecule has 2 nitrogen and oxygen atoms in total. The van der Waals surface area contributed by atoms with Crippen LogP contribution in [0.15, 0.2) is 60.8 Å². The number of hydrogen-bond acceptors (Lipinski definition) is 1. The third kappa shape index (κ3) is 5.01. The van der Waals surface area contributed by atoms with Gasteiger partial charge in [0.25, 0.3) is 0 Å². The molecule has 0 radical (unpaired) electrons. The molecule has 0 atom stereocenters. The Kier molecular flexibility index (Phi) is 7.25. The summed E-state index contributed by atoms with van der Waals surface area (Å²) in [7, 11) is 2.09. The molecule has 0 spiro atoms. The van der Waals surface area contributed by atoms with E-state index in [0.29, 0.717) is 0 Å². The third-order valence-electron chi connectivity index (χ3n) is 5.35. The van der Waals surface area contributed by atoms with Crippen molar-refractivity contribution >= 4 is 28.7 Å². The molecule has 0 bridgehead atoms. The molecular weight excluding hydrogens is 340 g/mol. The molecule has 0 amide bonds. The highest BCUT2D eigenvalue weighted by atomic mass is 15.1. The van der Waals surface area contributed by atoms with E-state index in [0.717, 1.165) is 13.1 Å². The van der Waals surface area contributed by atoms with Crippen molar-refractivity contribution in [2.24, 2.45) is 7.05 Å². The standard InChI is InChI=1S/C26H33N2/c1-4-6-19-28(20-7-5-2)24-16-13-22(14-17-24)12-15-23-18-21-27(3)26-11-9-8-10-25(23)26/h8-18,21H,4-7,19-20H2,1-3H3/q+1. The van der Waals surface area contributed by atoms with Gasteiger partial charge in [0.05, 0.1) is 5.39 Å². The smallest absolute Gasteiger partial charge is 0.212 e. The first-order valence-corrected chi connectivity index (χ1v) is 10.6. The van der Waals surface area contributed by atoms with Crippen LogP contribution in [-0.2, 0) is 7.05 Å². The lowest BCUT2D eigenvalue weighted by Crippen LogP contribution is -2.28. The maximum absolute atomic E-state index is 2.53. The van der Waals surface area contributed by atoms with Crippen LogP contribution in [0.25, 0.3) is 23.1 Å². The topological polar surface area (TPSA) is 7.12 Å². The molecule has 0 fully saturated rings. The minimum Gasteiger partial charge on any atom is -0.372 e. The van der Waals surface area contributed by atoms with Crippen LogP contribution >= 0.6 is 0 Å². The first kappa shape index (κ1) is 20.1. The molecule has 1 heterocycles. The molecule has 0 saturated heterocycles. The first-order valence-electron chi connectivity index (χ1n) is 10.6. The zero-order chi connectivity index (χ0) is 19.8. The molecule has 3 aromatic rings. The van der Waals surface area contributed by atoms with Crippen molar-refractivity contribution in [2.45, 2.75) is 39.5 Å². The Morgan fingerprint density at radius 3 is 2.18 bits per heavy atom. The summed E-state index contributed by atoms with van der Waals surface area (Å²) in [6.45, 7) is 6.83. The maximum Gasteiger partial charge on any atom is 0.212 e. The lowest BCUT2D eigenvalue weighted by Gasteiger charge is -2.24. The van der Waals surface area contributed by atoms with Gasteiger partial charge in [0.2, 0.25) is 5.52 Å². The molecule has 28 heavy (non-hydrogen) atoms. The van der Waals surface area contributed by atoms with Gasteiger partial charge in [-0.1, -0.05) is 63.1 Å². The summed E-state index contributed by atoms with van der Waals surface area (Å²) in [6.07, 6.45) is 11.6. The monoisotopic (exact) mass is 373 g/mol. The van der Waals surface area contributed by atoms with Crippen LogP contribution in [-0.4, -0.2) is 13.1 Å². The van der Waals surface area contributed by atoms with E-state index in [9.17, 15) is 0 Å². The molecule has 0 N–H and O–H groups in total. The predicted octanol–water partition coefficient (Wildman–Crippen LogP) is 6.24. The summed E-state index contributed by atoms with van der Waals surface area (Å²) in [5.41, 5.74) is 5.09. The van der Waals surface area contributed by atoms with E-state index in [2.05, 4.69) is 103 Å². The van der Waals surface area contributed by atoms with Crippen LogP contribution in [0.4, 0.5) is 5.69 Å². The van der Waals surface area contributed by atoms with E-state index in [-0.39, 0.29) is 0 Å².